The Hall–Kier alpha value is -1.89. The van der Waals surface area contributed by atoms with E-state index in [1.165, 1.54) is 16.2 Å². The average molecular weight is 254 g/mol. The second-order valence-electron chi connectivity index (χ2n) is 3.18. The minimum atomic E-state index is -0.505. The molecule has 0 radical (unpaired) electrons. The van der Waals surface area contributed by atoms with Crippen molar-refractivity contribution < 1.29 is 14.1 Å². The quantitative estimate of drug-likeness (QED) is 0.764. The smallest absolute Gasteiger partial charge is 0.355 e. The van der Waals surface area contributed by atoms with Gasteiger partial charge in [0.15, 0.2) is 0 Å². The van der Waals surface area contributed by atoms with Gasteiger partial charge in [-0.1, -0.05) is 16.5 Å². The molecule has 0 amide bonds. The fraction of sp³-hybridized carbons (Fsp3) is 0.300. The van der Waals surface area contributed by atoms with Gasteiger partial charge < -0.3 is 9.26 Å². The van der Waals surface area contributed by atoms with Crippen LogP contribution in [0.5, 0.6) is 0 Å². The van der Waals surface area contributed by atoms with Crippen molar-refractivity contribution in [3.8, 4) is 0 Å². The first-order valence-corrected chi connectivity index (χ1v) is 5.85. The van der Waals surface area contributed by atoms with Crippen LogP contribution in [0.15, 0.2) is 27.0 Å². The van der Waals surface area contributed by atoms with Gasteiger partial charge in [-0.15, -0.1) is 0 Å². The molecule has 0 bridgehead atoms. The third kappa shape index (κ3) is 2.44. The van der Waals surface area contributed by atoms with Crippen LogP contribution < -0.4 is 4.87 Å². The van der Waals surface area contributed by atoms with Gasteiger partial charge in [0.25, 0.3) is 0 Å². The first-order valence-electron chi connectivity index (χ1n) is 4.97. The molecule has 90 valence electrons. The molecule has 7 heteroatoms. The van der Waals surface area contributed by atoms with Gasteiger partial charge in [-0.2, -0.15) is 0 Å². The van der Waals surface area contributed by atoms with Crippen LogP contribution in [0, 0.1) is 0 Å². The molecular formula is C10H10N2O4S. The lowest BCUT2D eigenvalue weighted by molar-refractivity contribution is 0.0514. The summed E-state index contributed by atoms with van der Waals surface area (Å²) in [5.74, 6) is -0.505. The highest BCUT2D eigenvalue weighted by Crippen LogP contribution is 2.07. The zero-order chi connectivity index (χ0) is 12.3. The van der Waals surface area contributed by atoms with Gasteiger partial charge in [0.1, 0.15) is 17.7 Å². The molecule has 2 rings (SSSR count). The van der Waals surface area contributed by atoms with E-state index in [0.717, 1.165) is 11.3 Å². The van der Waals surface area contributed by atoms with Gasteiger partial charge in [0.05, 0.1) is 13.2 Å². The summed E-state index contributed by atoms with van der Waals surface area (Å²) in [6.45, 7) is 2.18. The summed E-state index contributed by atoms with van der Waals surface area (Å²) in [6, 6.07) is 1.64. The standard InChI is InChI=1S/C10H10N2O4S/c1-2-15-9(13)8-6-17-10(14)12(8)5-7-3-4-16-11-7/h3-4,6H,2,5H2,1H3. The summed E-state index contributed by atoms with van der Waals surface area (Å²) in [7, 11) is 0. The maximum atomic E-state index is 11.6. The van der Waals surface area contributed by atoms with Gasteiger partial charge >= 0.3 is 10.8 Å². The Kier molecular flexibility index (Phi) is 3.38. The number of thiazole rings is 1. The van der Waals surface area contributed by atoms with Gasteiger partial charge in [-0.3, -0.25) is 9.36 Å². The Morgan fingerprint density at radius 3 is 3.12 bits per heavy atom. The van der Waals surface area contributed by atoms with Gasteiger partial charge in [-0.05, 0) is 6.92 Å². The molecule has 0 spiro atoms. The molecule has 0 fully saturated rings. The Morgan fingerprint density at radius 1 is 1.65 bits per heavy atom. The lowest BCUT2D eigenvalue weighted by Gasteiger charge is -2.04. The van der Waals surface area contributed by atoms with Crippen LogP contribution in [0.1, 0.15) is 23.1 Å². The molecule has 0 aliphatic rings. The van der Waals surface area contributed by atoms with Crippen LogP contribution in [-0.2, 0) is 11.3 Å². The Bertz CT molecular complexity index is 555. The Labute approximate surface area is 100 Å². The van der Waals surface area contributed by atoms with Gasteiger partial charge in [-0.25, -0.2) is 4.79 Å². The zero-order valence-corrected chi connectivity index (χ0v) is 9.90. The fourth-order valence-corrected chi connectivity index (χ4v) is 2.05. The van der Waals surface area contributed by atoms with Crippen LogP contribution in [0.4, 0.5) is 0 Å². The van der Waals surface area contributed by atoms with E-state index in [1.807, 2.05) is 0 Å². The molecular weight excluding hydrogens is 244 g/mol. The van der Waals surface area contributed by atoms with Crippen LogP contribution in [0.3, 0.4) is 0 Å². The number of hydrogen-bond donors (Lipinski definition) is 0. The summed E-state index contributed by atoms with van der Waals surface area (Å²) in [5, 5.41) is 5.18. The number of ether oxygens (including phenoxy) is 1. The molecule has 2 aromatic heterocycles. The molecule has 0 aromatic carbocycles. The third-order valence-corrected chi connectivity index (χ3v) is 2.84. The predicted molar refractivity (Wildman–Crippen MR) is 60.1 cm³/mol. The van der Waals surface area contributed by atoms with Crippen LogP contribution in [0.2, 0.25) is 0 Å². The highest BCUT2D eigenvalue weighted by Gasteiger charge is 2.16. The summed E-state index contributed by atoms with van der Waals surface area (Å²) < 4.78 is 10.9. The van der Waals surface area contributed by atoms with Crippen LogP contribution in [-0.4, -0.2) is 22.3 Å². The normalized spacial score (nSPS) is 10.4. The van der Waals surface area contributed by atoms with E-state index in [1.54, 1.807) is 13.0 Å². The average Bonchev–Trinajstić information content (AvgIpc) is 2.91. The number of rotatable bonds is 4. The number of carbonyl (C=O) groups excluding carboxylic acids is 1. The topological polar surface area (TPSA) is 74.3 Å². The highest BCUT2D eigenvalue weighted by molar-refractivity contribution is 7.07. The second-order valence-corrected chi connectivity index (χ2v) is 4.00. The molecule has 0 aliphatic heterocycles. The maximum Gasteiger partial charge on any atom is 0.355 e. The lowest BCUT2D eigenvalue weighted by atomic mass is 10.4. The van der Waals surface area contributed by atoms with E-state index in [-0.39, 0.29) is 23.7 Å². The molecule has 6 nitrogen and oxygen atoms in total. The van der Waals surface area contributed by atoms with E-state index >= 15 is 0 Å². The minimum absolute atomic E-state index is 0.201. The van der Waals surface area contributed by atoms with Crippen molar-refractivity contribution in [1.29, 1.82) is 0 Å². The van der Waals surface area contributed by atoms with E-state index in [2.05, 4.69) is 9.68 Å². The number of esters is 1. The first kappa shape index (κ1) is 11.6. The Balaban J connectivity index is 2.29. The largest absolute Gasteiger partial charge is 0.461 e. The molecule has 17 heavy (non-hydrogen) atoms. The van der Waals surface area contributed by atoms with Gasteiger partial charge in [0, 0.05) is 11.4 Å². The number of aromatic nitrogens is 2. The van der Waals surface area contributed by atoms with Crippen molar-refractivity contribution in [2.75, 3.05) is 6.61 Å². The summed E-state index contributed by atoms with van der Waals surface area (Å²) in [5.41, 5.74) is 0.820. The number of hydrogen-bond acceptors (Lipinski definition) is 6. The maximum absolute atomic E-state index is 11.6. The molecule has 0 N–H and O–H groups in total. The zero-order valence-electron chi connectivity index (χ0n) is 9.08. The van der Waals surface area contributed by atoms with E-state index in [0.29, 0.717) is 5.69 Å². The van der Waals surface area contributed by atoms with Crippen molar-refractivity contribution in [1.82, 2.24) is 9.72 Å². The van der Waals surface area contributed by atoms with E-state index in [9.17, 15) is 9.59 Å². The van der Waals surface area contributed by atoms with Crippen molar-refractivity contribution in [2.24, 2.45) is 0 Å². The predicted octanol–water partition coefficient (Wildman–Crippen LogP) is 1.12. The SMILES string of the molecule is CCOC(=O)c1csc(=O)n1Cc1ccon1. The van der Waals surface area contributed by atoms with Gasteiger partial charge in [0.2, 0.25) is 0 Å². The molecule has 0 atom stereocenters. The van der Waals surface area contributed by atoms with E-state index < -0.39 is 5.97 Å². The minimum Gasteiger partial charge on any atom is -0.461 e. The number of nitrogens with zero attached hydrogens (tertiary/aromatic N) is 2. The Morgan fingerprint density at radius 2 is 2.47 bits per heavy atom. The van der Waals surface area contributed by atoms with Crippen LogP contribution >= 0.6 is 11.3 Å². The molecule has 0 aliphatic carbocycles. The molecule has 2 aromatic rings. The molecule has 2 heterocycles. The van der Waals surface area contributed by atoms with Crippen LogP contribution in [0.25, 0.3) is 0 Å². The van der Waals surface area contributed by atoms with Crippen molar-refractivity contribution >= 4 is 17.3 Å². The second kappa shape index (κ2) is 4.96. The summed E-state index contributed by atoms with van der Waals surface area (Å²) in [4.78, 5) is 23.0. The third-order valence-electron chi connectivity index (χ3n) is 2.08. The van der Waals surface area contributed by atoms with Crippen molar-refractivity contribution in [2.45, 2.75) is 13.5 Å². The van der Waals surface area contributed by atoms with Crippen molar-refractivity contribution in [3.05, 3.63) is 38.8 Å². The molecule has 0 saturated carbocycles. The number of carbonyl (C=O) groups is 1. The molecule has 0 saturated heterocycles. The lowest BCUT2D eigenvalue weighted by Crippen LogP contribution is -2.21. The fourth-order valence-electron chi connectivity index (χ4n) is 1.33. The summed E-state index contributed by atoms with van der Waals surface area (Å²) >= 11 is 0.955. The molecule has 0 unspecified atom stereocenters. The van der Waals surface area contributed by atoms with E-state index in [4.69, 9.17) is 4.74 Å². The highest BCUT2D eigenvalue weighted by atomic mass is 32.1. The monoisotopic (exact) mass is 254 g/mol. The van der Waals surface area contributed by atoms with Crippen molar-refractivity contribution in [3.63, 3.8) is 0 Å². The summed E-state index contributed by atoms with van der Waals surface area (Å²) in [6.07, 6.45) is 1.41. The first-order chi connectivity index (χ1) is 8.22.